The van der Waals surface area contributed by atoms with Gasteiger partial charge in [0.1, 0.15) is 4.90 Å². The Bertz CT molecular complexity index is 559. The summed E-state index contributed by atoms with van der Waals surface area (Å²) in [5.74, 6) is 5.36. The summed E-state index contributed by atoms with van der Waals surface area (Å²) >= 11 is 0. The van der Waals surface area contributed by atoms with Crippen LogP contribution in [0.15, 0.2) is 23.4 Å². The first-order chi connectivity index (χ1) is 8.89. The largest absolute Gasteiger partial charge is 0.378 e. The van der Waals surface area contributed by atoms with E-state index in [0.717, 1.165) is 0 Å². The third kappa shape index (κ3) is 2.57. The van der Waals surface area contributed by atoms with Gasteiger partial charge in [-0.25, -0.2) is 8.42 Å². The predicted molar refractivity (Wildman–Crippen MR) is 70.8 cm³/mol. The third-order valence-electron chi connectivity index (χ3n) is 3.08. The molecule has 0 saturated carbocycles. The Morgan fingerprint density at radius 2 is 2.26 bits per heavy atom. The van der Waals surface area contributed by atoms with E-state index in [1.54, 1.807) is 0 Å². The minimum atomic E-state index is -3.66. The van der Waals surface area contributed by atoms with Crippen LogP contribution in [0.1, 0.15) is 13.8 Å². The van der Waals surface area contributed by atoms with Crippen molar-refractivity contribution in [3.05, 3.63) is 18.5 Å². The summed E-state index contributed by atoms with van der Waals surface area (Å²) in [6.07, 6.45) is 2.79. The number of anilines is 1. The molecule has 1 aliphatic heterocycles. The molecule has 0 atom stereocenters. The van der Waals surface area contributed by atoms with Gasteiger partial charge < -0.3 is 10.2 Å². The molecular formula is C11H18N4O3S. The zero-order valence-corrected chi connectivity index (χ0v) is 11.8. The Kier molecular flexibility index (Phi) is 3.77. The van der Waals surface area contributed by atoms with Gasteiger partial charge in [0.25, 0.3) is 0 Å². The van der Waals surface area contributed by atoms with Crippen LogP contribution in [0.2, 0.25) is 0 Å². The van der Waals surface area contributed by atoms with E-state index in [0.29, 0.717) is 25.4 Å². The zero-order valence-electron chi connectivity index (χ0n) is 11.0. The van der Waals surface area contributed by atoms with Gasteiger partial charge in [-0.05, 0) is 19.9 Å². The first kappa shape index (κ1) is 14.2. The van der Waals surface area contributed by atoms with E-state index < -0.39 is 15.6 Å². The van der Waals surface area contributed by atoms with E-state index in [1.165, 1.54) is 22.8 Å². The first-order valence-corrected chi connectivity index (χ1v) is 7.35. The second-order valence-electron chi connectivity index (χ2n) is 4.96. The number of sulfonamides is 1. The van der Waals surface area contributed by atoms with Gasteiger partial charge in [0.05, 0.1) is 24.4 Å². The summed E-state index contributed by atoms with van der Waals surface area (Å²) in [7, 11) is -3.66. The Morgan fingerprint density at radius 3 is 2.89 bits per heavy atom. The van der Waals surface area contributed by atoms with Gasteiger partial charge in [0.2, 0.25) is 10.0 Å². The SMILES string of the molecule is CC1(C)COCCN1S(=O)(=O)c1cnccc1NN. The molecule has 2 rings (SSSR count). The van der Waals surface area contributed by atoms with Crippen LogP contribution in [0.25, 0.3) is 0 Å². The summed E-state index contributed by atoms with van der Waals surface area (Å²) in [5, 5.41) is 0. The number of nitrogens with zero attached hydrogens (tertiary/aromatic N) is 2. The molecule has 0 bridgehead atoms. The predicted octanol–water partition coefficient (Wildman–Crippen LogP) is 0.167. The lowest BCUT2D eigenvalue weighted by Crippen LogP contribution is -2.55. The van der Waals surface area contributed by atoms with E-state index in [2.05, 4.69) is 10.4 Å². The average molecular weight is 286 g/mol. The van der Waals surface area contributed by atoms with Crippen molar-refractivity contribution in [2.24, 2.45) is 5.84 Å². The number of aromatic nitrogens is 1. The number of nitrogen functional groups attached to an aromatic ring is 1. The van der Waals surface area contributed by atoms with Gasteiger partial charge in [0.15, 0.2) is 0 Å². The lowest BCUT2D eigenvalue weighted by Gasteiger charge is -2.40. The van der Waals surface area contributed by atoms with E-state index in [-0.39, 0.29) is 4.90 Å². The number of rotatable bonds is 3. The molecular weight excluding hydrogens is 268 g/mol. The van der Waals surface area contributed by atoms with Crippen LogP contribution in [0, 0.1) is 0 Å². The molecule has 19 heavy (non-hydrogen) atoms. The second-order valence-corrected chi connectivity index (χ2v) is 6.79. The van der Waals surface area contributed by atoms with Crippen molar-refractivity contribution in [1.82, 2.24) is 9.29 Å². The fraction of sp³-hybridized carbons (Fsp3) is 0.545. The van der Waals surface area contributed by atoms with Crippen LogP contribution < -0.4 is 11.3 Å². The fourth-order valence-electron chi connectivity index (χ4n) is 2.11. The van der Waals surface area contributed by atoms with Crippen molar-refractivity contribution in [2.45, 2.75) is 24.3 Å². The van der Waals surface area contributed by atoms with E-state index in [1.807, 2.05) is 13.8 Å². The lowest BCUT2D eigenvalue weighted by molar-refractivity contribution is -0.00769. The zero-order chi connectivity index (χ0) is 14.1. The van der Waals surface area contributed by atoms with Crippen molar-refractivity contribution in [3.8, 4) is 0 Å². The Hall–Kier alpha value is -1.22. The maximum absolute atomic E-state index is 12.7. The van der Waals surface area contributed by atoms with Crippen molar-refractivity contribution < 1.29 is 13.2 Å². The minimum Gasteiger partial charge on any atom is -0.378 e. The Morgan fingerprint density at radius 1 is 1.53 bits per heavy atom. The fourth-order valence-corrected chi connectivity index (χ4v) is 3.97. The molecule has 1 saturated heterocycles. The Balaban J connectivity index is 2.47. The van der Waals surface area contributed by atoms with Gasteiger partial charge in [-0.1, -0.05) is 0 Å². The average Bonchev–Trinajstić information content (AvgIpc) is 2.37. The molecule has 7 nitrogen and oxygen atoms in total. The summed E-state index contributed by atoms with van der Waals surface area (Å²) in [6, 6.07) is 1.53. The quantitative estimate of drug-likeness (QED) is 0.607. The van der Waals surface area contributed by atoms with Crippen LogP contribution >= 0.6 is 0 Å². The molecule has 0 radical (unpaired) electrons. The number of nitrogens with two attached hydrogens (primary N) is 1. The van der Waals surface area contributed by atoms with Crippen LogP contribution in [-0.2, 0) is 14.8 Å². The van der Waals surface area contributed by atoms with Crippen LogP contribution in [0.4, 0.5) is 5.69 Å². The monoisotopic (exact) mass is 286 g/mol. The van der Waals surface area contributed by atoms with Crippen molar-refractivity contribution in [3.63, 3.8) is 0 Å². The normalized spacial score (nSPS) is 20.2. The molecule has 106 valence electrons. The van der Waals surface area contributed by atoms with Crippen LogP contribution in [0.3, 0.4) is 0 Å². The highest BCUT2D eigenvalue weighted by Crippen LogP contribution is 2.30. The number of pyridine rings is 1. The molecule has 0 amide bonds. The molecule has 0 unspecified atom stereocenters. The number of nitrogens with one attached hydrogen (secondary N) is 1. The van der Waals surface area contributed by atoms with Crippen LogP contribution in [0.5, 0.6) is 0 Å². The molecule has 0 spiro atoms. The molecule has 1 aromatic heterocycles. The number of hydrogen-bond acceptors (Lipinski definition) is 6. The van der Waals surface area contributed by atoms with E-state index in [4.69, 9.17) is 10.6 Å². The van der Waals surface area contributed by atoms with Gasteiger partial charge in [-0.2, -0.15) is 4.31 Å². The van der Waals surface area contributed by atoms with Gasteiger partial charge >= 0.3 is 0 Å². The minimum absolute atomic E-state index is 0.0764. The highest BCUT2D eigenvalue weighted by Gasteiger charge is 2.40. The lowest BCUT2D eigenvalue weighted by atomic mass is 10.1. The third-order valence-corrected chi connectivity index (χ3v) is 5.22. The molecule has 1 fully saturated rings. The summed E-state index contributed by atoms with van der Waals surface area (Å²) in [4.78, 5) is 3.95. The standard InChI is InChI=1S/C11H18N4O3S/c1-11(2)8-18-6-5-15(11)19(16,17)10-7-13-4-3-9(10)14-12/h3-4,7H,5-6,8,12H2,1-2H3,(H,13,14). The highest BCUT2D eigenvalue weighted by molar-refractivity contribution is 7.89. The number of morpholine rings is 1. The maximum Gasteiger partial charge on any atom is 0.247 e. The van der Waals surface area contributed by atoms with Gasteiger partial charge in [-0.15, -0.1) is 0 Å². The van der Waals surface area contributed by atoms with E-state index >= 15 is 0 Å². The highest BCUT2D eigenvalue weighted by atomic mass is 32.2. The van der Waals surface area contributed by atoms with Gasteiger partial charge in [0, 0.05) is 18.9 Å². The van der Waals surface area contributed by atoms with Gasteiger partial charge in [-0.3, -0.25) is 10.8 Å². The maximum atomic E-state index is 12.7. The topological polar surface area (TPSA) is 97.5 Å². The molecule has 1 aromatic rings. The molecule has 1 aliphatic rings. The van der Waals surface area contributed by atoms with Crippen molar-refractivity contribution in [2.75, 3.05) is 25.2 Å². The number of hydrazine groups is 1. The Labute approximate surface area is 112 Å². The molecule has 3 N–H and O–H groups in total. The molecule has 8 heteroatoms. The number of ether oxygens (including phenoxy) is 1. The van der Waals surface area contributed by atoms with Crippen molar-refractivity contribution >= 4 is 15.7 Å². The summed E-state index contributed by atoms with van der Waals surface area (Å²) in [5.41, 5.74) is 2.12. The first-order valence-electron chi connectivity index (χ1n) is 5.91. The van der Waals surface area contributed by atoms with E-state index in [9.17, 15) is 8.42 Å². The number of hydrogen-bond donors (Lipinski definition) is 2. The molecule has 0 aromatic carbocycles. The smallest absolute Gasteiger partial charge is 0.247 e. The van der Waals surface area contributed by atoms with Crippen LogP contribution in [-0.4, -0.2) is 43.0 Å². The molecule has 2 heterocycles. The summed E-state index contributed by atoms with van der Waals surface area (Å²) < 4.78 is 32.2. The molecule has 0 aliphatic carbocycles. The summed E-state index contributed by atoms with van der Waals surface area (Å²) in [6.45, 7) is 4.71. The second kappa shape index (κ2) is 5.04. The van der Waals surface area contributed by atoms with Crippen molar-refractivity contribution in [1.29, 1.82) is 0 Å².